The molecule has 0 unspecified atom stereocenters. The molecule has 0 radical (unpaired) electrons. The molecule has 0 saturated carbocycles. The zero-order chi connectivity index (χ0) is 19.1. The molecule has 0 N–H and O–H groups in total. The first-order chi connectivity index (χ1) is 13.0. The Hall–Kier alpha value is -2.99. The molecule has 6 heteroatoms. The first kappa shape index (κ1) is 17.4. The topological polar surface area (TPSA) is 44.0 Å². The molecule has 2 heterocycles. The summed E-state index contributed by atoms with van der Waals surface area (Å²) in [6.07, 6.45) is 0. The van der Waals surface area contributed by atoms with Crippen LogP contribution in [0.5, 0.6) is 0 Å². The van der Waals surface area contributed by atoms with Gasteiger partial charge in [0.2, 0.25) is 0 Å². The number of aromatic nitrogens is 2. The van der Waals surface area contributed by atoms with Gasteiger partial charge in [-0.1, -0.05) is 23.8 Å². The lowest BCUT2D eigenvalue weighted by Crippen LogP contribution is -2.38. The highest BCUT2D eigenvalue weighted by Gasteiger charge is 2.16. The number of hydrogen-bond acceptors (Lipinski definition) is 3. The molecule has 2 aromatic heterocycles. The predicted octanol–water partition coefficient (Wildman–Crippen LogP) is 4.02. The summed E-state index contributed by atoms with van der Waals surface area (Å²) in [6, 6.07) is 13.3. The number of hydrogen-bond donors (Lipinski definition) is 0. The van der Waals surface area contributed by atoms with Gasteiger partial charge >= 0.3 is 5.69 Å². The van der Waals surface area contributed by atoms with Crippen molar-refractivity contribution in [3.05, 3.63) is 97.3 Å². The second kappa shape index (κ2) is 6.63. The summed E-state index contributed by atoms with van der Waals surface area (Å²) in [5.74, 6) is -0.417. The van der Waals surface area contributed by atoms with Gasteiger partial charge < -0.3 is 0 Å². The summed E-state index contributed by atoms with van der Waals surface area (Å²) in [7, 11) is 0. The Morgan fingerprint density at radius 1 is 1.00 bits per heavy atom. The van der Waals surface area contributed by atoms with Gasteiger partial charge in [0.25, 0.3) is 5.56 Å². The SMILES string of the molecule is Cc1ccc(Cn2c(=O)n(-c3ccc(F)cc3)c(=O)c3sccc32)c(C)c1. The molecule has 0 aliphatic carbocycles. The zero-order valence-corrected chi connectivity index (χ0v) is 15.7. The maximum absolute atomic E-state index is 13.3. The average molecular weight is 380 g/mol. The van der Waals surface area contributed by atoms with E-state index in [0.29, 0.717) is 22.4 Å². The highest BCUT2D eigenvalue weighted by atomic mass is 32.1. The number of nitrogens with zero attached hydrogens (tertiary/aromatic N) is 2. The van der Waals surface area contributed by atoms with Gasteiger partial charge in [0.15, 0.2) is 0 Å². The fraction of sp³-hybridized carbons (Fsp3) is 0.143. The number of benzene rings is 2. The lowest BCUT2D eigenvalue weighted by atomic mass is 10.1. The van der Waals surface area contributed by atoms with Crippen molar-refractivity contribution >= 4 is 21.6 Å². The van der Waals surface area contributed by atoms with E-state index in [1.807, 2.05) is 26.0 Å². The molecule has 0 fully saturated rings. The predicted molar refractivity (Wildman–Crippen MR) is 107 cm³/mol. The molecule has 0 bridgehead atoms. The van der Waals surface area contributed by atoms with Crippen molar-refractivity contribution in [2.24, 2.45) is 0 Å². The van der Waals surface area contributed by atoms with Crippen molar-refractivity contribution in [2.75, 3.05) is 0 Å². The molecule has 0 saturated heterocycles. The minimum atomic E-state index is -0.433. The molecule has 0 aliphatic heterocycles. The van der Waals surface area contributed by atoms with Gasteiger partial charge in [-0.05, 0) is 60.7 Å². The summed E-state index contributed by atoms with van der Waals surface area (Å²) in [4.78, 5) is 26.1. The van der Waals surface area contributed by atoms with Gasteiger partial charge in [-0.25, -0.2) is 13.8 Å². The van der Waals surface area contributed by atoms with E-state index in [-0.39, 0.29) is 5.56 Å². The van der Waals surface area contributed by atoms with Gasteiger partial charge in [0.05, 0.1) is 17.7 Å². The molecule has 27 heavy (non-hydrogen) atoms. The fourth-order valence-corrected chi connectivity index (χ4v) is 4.08. The summed E-state index contributed by atoms with van der Waals surface area (Å²) in [5.41, 5.74) is 3.42. The Morgan fingerprint density at radius 3 is 2.44 bits per heavy atom. The van der Waals surface area contributed by atoms with Crippen LogP contribution in [0.15, 0.2) is 63.5 Å². The molecule has 2 aromatic carbocycles. The van der Waals surface area contributed by atoms with Crippen LogP contribution in [0.1, 0.15) is 16.7 Å². The normalized spacial score (nSPS) is 11.2. The van der Waals surface area contributed by atoms with Gasteiger partial charge in [0, 0.05) is 0 Å². The van der Waals surface area contributed by atoms with Crippen molar-refractivity contribution in [3.8, 4) is 5.69 Å². The van der Waals surface area contributed by atoms with E-state index < -0.39 is 11.5 Å². The summed E-state index contributed by atoms with van der Waals surface area (Å²) in [5, 5.41) is 1.80. The number of halogens is 1. The van der Waals surface area contributed by atoms with Crippen molar-refractivity contribution in [3.63, 3.8) is 0 Å². The van der Waals surface area contributed by atoms with E-state index in [2.05, 4.69) is 6.07 Å². The standard InChI is InChI=1S/C21H17FN2O2S/c1-13-3-4-15(14(2)11-13)12-23-18-9-10-27-19(18)20(25)24(21(23)26)17-7-5-16(22)6-8-17/h3-11H,12H2,1-2H3. The lowest BCUT2D eigenvalue weighted by molar-refractivity contribution is 0.626. The van der Waals surface area contributed by atoms with Crippen LogP contribution < -0.4 is 11.2 Å². The van der Waals surface area contributed by atoms with Gasteiger partial charge in [-0.15, -0.1) is 11.3 Å². The van der Waals surface area contributed by atoms with Crippen molar-refractivity contribution < 1.29 is 4.39 Å². The summed E-state index contributed by atoms with van der Waals surface area (Å²) < 4.78 is 16.5. The van der Waals surface area contributed by atoms with Crippen LogP contribution in [-0.2, 0) is 6.54 Å². The average Bonchev–Trinajstić information content (AvgIpc) is 3.12. The third-order valence-corrected chi connectivity index (χ3v) is 5.56. The number of fused-ring (bicyclic) bond motifs is 1. The first-order valence-corrected chi connectivity index (χ1v) is 9.39. The molecule has 0 amide bonds. The molecular formula is C21H17FN2O2S. The largest absolute Gasteiger partial charge is 0.336 e. The second-order valence-corrected chi connectivity index (χ2v) is 7.47. The third kappa shape index (κ3) is 3.02. The maximum Gasteiger partial charge on any atom is 0.336 e. The minimum Gasteiger partial charge on any atom is -0.288 e. The first-order valence-electron chi connectivity index (χ1n) is 8.51. The highest BCUT2D eigenvalue weighted by Crippen LogP contribution is 2.19. The number of thiophene rings is 1. The number of aryl methyl sites for hydroxylation is 2. The Balaban J connectivity index is 1.98. The fourth-order valence-electron chi connectivity index (χ4n) is 3.25. The molecule has 0 atom stereocenters. The van der Waals surface area contributed by atoms with Gasteiger partial charge in [-0.3, -0.25) is 9.36 Å². The van der Waals surface area contributed by atoms with E-state index in [4.69, 9.17) is 0 Å². The lowest BCUT2D eigenvalue weighted by Gasteiger charge is -2.14. The summed E-state index contributed by atoms with van der Waals surface area (Å²) in [6.45, 7) is 4.39. The molecule has 4 aromatic rings. The quantitative estimate of drug-likeness (QED) is 0.539. The molecule has 0 aliphatic rings. The van der Waals surface area contributed by atoms with Gasteiger partial charge in [0.1, 0.15) is 10.5 Å². The Morgan fingerprint density at radius 2 is 1.74 bits per heavy atom. The van der Waals surface area contributed by atoms with E-state index >= 15 is 0 Å². The van der Waals surface area contributed by atoms with Crippen molar-refractivity contribution in [2.45, 2.75) is 20.4 Å². The highest BCUT2D eigenvalue weighted by molar-refractivity contribution is 7.17. The van der Waals surface area contributed by atoms with Crippen LogP contribution in [0.3, 0.4) is 0 Å². The van der Waals surface area contributed by atoms with Crippen LogP contribution in [0.2, 0.25) is 0 Å². The van der Waals surface area contributed by atoms with Crippen molar-refractivity contribution in [1.82, 2.24) is 9.13 Å². The maximum atomic E-state index is 13.3. The van der Waals surface area contributed by atoms with Crippen LogP contribution in [0.25, 0.3) is 15.9 Å². The van der Waals surface area contributed by atoms with Crippen LogP contribution in [-0.4, -0.2) is 9.13 Å². The monoisotopic (exact) mass is 380 g/mol. The molecular weight excluding hydrogens is 363 g/mol. The van der Waals surface area contributed by atoms with Crippen LogP contribution in [0.4, 0.5) is 4.39 Å². The Labute approximate surface area is 158 Å². The van der Waals surface area contributed by atoms with Crippen LogP contribution >= 0.6 is 11.3 Å². The Kier molecular flexibility index (Phi) is 4.28. The third-order valence-electron chi connectivity index (χ3n) is 4.67. The summed E-state index contributed by atoms with van der Waals surface area (Å²) >= 11 is 1.30. The minimum absolute atomic E-state index is 0.357. The van der Waals surface area contributed by atoms with E-state index in [1.165, 1.54) is 35.6 Å². The smallest absolute Gasteiger partial charge is 0.288 e. The Bertz CT molecular complexity index is 1270. The van der Waals surface area contributed by atoms with E-state index in [0.717, 1.165) is 21.3 Å². The molecule has 4 rings (SSSR count). The second-order valence-electron chi connectivity index (χ2n) is 6.55. The molecule has 0 spiro atoms. The van der Waals surface area contributed by atoms with Crippen molar-refractivity contribution in [1.29, 1.82) is 0 Å². The van der Waals surface area contributed by atoms with E-state index in [9.17, 15) is 14.0 Å². The molecule has 136 valence electrons. The number of rotatable bonds is 3. The molecule has 4 nitrogen and oxygen atoms in total. The zero-order valence-electron chi connectivity index (χ0n) is 14.9. The van der Waals surface area contributed by atoms with E-state index in [1.54, 1.807) is 16.0 Å². The van der Waals surface area contributed by atoms with Crippen LogP contribution in [0, 0.1) is 19.7 Å². The van der Waals surface area contributed by atoms with Gasteiger partial charge in [-0.2, -0.15) is 0 Å².